The summed E-state index contributed by atoms with van der Waals surface area (Å²) >= 11 is 6.17. The number of hydrogen-bond donors (Lipinski definition) is 1. The van der Waals surface area contributed by atoms with Crippen molar-refractivity contribution in [3.05, 3.63) is 94.8 Å². The van der Waals surface area contributed by atoms with E-state index in [1.165, 1.54) is 34.6 Å². The molecule has 5 nitrogen and oxygen atoms in total. The second kappa shape index (κ2) is 9.94. The van der Waals surface area contributed by atoms with Crippen molar-refractivity contribution in [2.75, 3.05) is 17.4 Å². The highest BCUT2D eigenvalue weighted by atomic mass is 35.5. The molecule has 3 rings (SSSR count). The molecule has 3 aromatic carbocycles. The zero-order chi connectivity index (χ0) is 22.4. The topological polar surface area (TPSA) is 66.5 Å². The fourth-order valence-electron chi connectivity index (χ4n) is 3.12. The van der Waals surface area contributed by atoms with Gasteiger partial charge in [-0.2, -0.15) is 0 Å². The molecule has 8 heteroatoms. The fraction of sp³-hybridized carbons (Fsp3) is 0.174. The van der Waals surface area contributed by atoms with Gasteiger partial charge in [-0.25, -0.2) is 12.8 Å². The summed E-state index contributed by atoms with van der Waals surface area (Å²) in [6.45, 7) is 2.26. The summed E-state index contributed by atoms with van der Waals surface area (Å²) in [6.07, 6.45) is 0.499. The summed E-state index contributed by atoms with van der Waals surface area (Å²) < 4.78 is 40.7. The lowest BCUT2D eigenvalue weighted by Crippen LogP contribution is -2.31. The summed E-state index contributed by atoms with van der Waals surface area (Å²) in [4.78, 5) is 12.6. The minimum atomic E-state index is -3.89. The number of rotatable bonds is 8. The van der Waals surface area contributed by atoms with Crippen LogP contribution in [0.1, 0.15) is 22.8 Å². The van der Waals surface area contributed by atoms with Gasteiger partial charge in [-0.05, 0) is 61.4 Å². The Hall–Kier alpha value is -2.90. The average molecular weight is 461 g/mol. The molecular formula is C23H22ClFN2O3S. The molecule has 1 N–H and O–H groups in total. The van der Waals surface area contributed by atoms with Crippen molar-refractivity contribution in [2.24, 2.45) is 0 Å². The summed E-state index contributed by atoms with van der Waals surface area (Å²) in [5.74, 6) is -0.805. The Morgan fingerprint density at radius 2 is 1.71 bits per heavy atom. The van der Waals surface area contributed by atoms with Crippen LogP contribution in [-0.4, -0.2) is 27.4 Å². The van der Waals surface area contributed by atoms with Crippen molar-refractivity contribution in [3.63, 3.8) is 0 Å². The zero-order valence-corrected chi connectivity index (χ0v) is 18.5. The molecule has 31 heavy (non-hydrogen) atoms. The number of para-hydroxylation sites is 1. The van der Waals surface area contributed by atoms with Gasteiger partial charge in [0.1, 0.15) is 5.82 Å². The summed E-state index contributed by atoms with van der Waals surface area (Å²) in [6, 6.07) is 18.8. The van der Waals surface area contributed by atoms with Crippen molar-refractivity contribution in [3.8, 4) is 0 Å². The lowest BCUT2D eigenvalue weighted by atomic mass is 10.1. The molecule has 162 valence electrons. The van der Waals surface area contributed by atoms with E-state index >= 15 is 0 Å². The number of benzene rings is 3. The van der Waals surface area contributed by atoms with Gasteiger partial charge in [0.05, 0.1) is 21.2 Å². The number of halogens is 2. The van der Waals surface area contributed by atoms with E-state index in [-0.39, 0.29) is 27.8 Å². The van der Waals surface area contributed by atoms with Gasteiger partial charge in [-0.3, -0.25) is 9.10 Å². The molecule has 0 saturated heterocycles. The van der Waals surface area contributed by atoms with Crippen LogP contribution in [0.15, 0.2) is 77.7 Å². The number of nitrogens with zero attached hydrogens (tertiary/aromatic N) is 1. The first-order valence-corrected chi connectivity index (χ1v) is 11.5. The Labute approximate surface area is 186 Å². The largest absolute Gasteiger partial charge is 0.352 e. The number of carbonyl (C=O) groups excluding carboxylic acids is 1. The second-order valence-electron chi connectivity index (χ2n) is 6.78. The molecule has 0 spiro atoms. The number of nitrogens with one attached hydrogen (secondary N) is 1. The van der Waals surface area contributed by atoms with E-state index < -0.39 is 15.9 Å². The molecule has 0 aliphatic rings. The smallest absolute Gasteiger partial charge is 0.264 e. The maximum atomic E-state index is 13.2. The molecule has 0 heterocycles. The van der Waals surface area contributed by atoms with Gasteiger partial charge in [0.2, 0.25) is 0 Å². The van der Waals surface area contributed by atoms with Crippen LogP contribution in [0, 0.1) is 5.82 Å². The molecule has 0 fully saturated rings. The standard InChI is InChI=1S/C23H22ClFN2O3S/c1-2-27(19-6-4-3-5-7-19)31(29,30)20-12-13-22(24)21(16-20)23(28)26-15-14-17-8-10-18(25)11-9-17/h3-13,16H,2,14-15H2,1H3,(H,26,28). The zero-order valence-electron chi connectivity index (χ0n) is 16.9. The molecule has 0 aromatic heterocycles. The molecule has 0 aliphatic heterocycles. The Balaban J connectivity index is 1.78. The monoisotopic (exact) mass is 460 g/mol. The van der Waals surface area contributed by atoms with Crippen LogP contribution in [0.5, 0.6) is 0 Å². The van der Waals surface area contributed by atoms with Crippen molar-refractivity contribution in [1.82, 2.24) is 5.32 Å². The van der Waals surface area contributed by atoms with Crippen molar-refractivity contribution in [1.29, 1.82) is 0 Å². The van der Waals surface area contributed by atoms with Crippen LogP contribution in [0.2, 0.25) is 5.02 Å². The Morgan fingerprint density at radius 3 is 2.35 bits per heavy atom. The maximum Gasteiger partial charge on any atom is 0.264 e. The van der Waals surface area contributed by atoms with Gasteiger partial charge in [0.15, 0.2) is 0 Å². The lowest BCUT2D eigenvalue weighted by molar-refractivity contribution is 0.0954. The highest BCUT2D eigenvalue weighted by Crippen LogP contribution is 2.26. The van der Waals surface area contributed by atoms with E-state index in [0.717, 1.165) is 5.56 Å². The molecule has 0 aliphatic carbocycles. The highest BCUT2D eigenvalue weighted by Gasteiger charge is 2.25. The minimum absolute atomic E-state index is 0.0220. The average Bonchev–Trinajstić information content (AvgIpc) is 2.76. The van der Waals surface area contributed by atoms with Crippen LogP contribution < -0.4 is 9.62 Å². The molecule has 0 saturated carbocycles. The fourth-order valence-corrected chi connectivity index (χ4v) is 4.82. The number of amides is 1. The molecule has 3 aromatic rings. The second-order valence-corrected chi connectivity index (χ2v) is 9.05. The summed E-state index contributed by atoms with van der Waals surface area (Å²) in [5.41, 5.74) is 1.47. The van der Waals surface area contributed by atoms with E-state index in [0.29, 0.717) is 18.7 Å². The van der Waals surface area contributed by atoms with E-state index in [9.17, 15) is 17.6 Å². The van der Waals surface area contributed by atoms with Crippen molar-refractivity contribution in [2.45, 2.75) is 18.2 Å². The molecule has 0 unspecified atom stereocenters. The van der Waals surface area contributed by atoms with E-state index in [2.05, 4.69) is 5.32 Å². The quantitative estimate of drug-likeness (QED) is 0.531. The Bertz CT molecular complexity index is 1150. The van der Waals surface area contributed by atoms with Crippen LogP contribution in [0.3, 0.4) is 0 Å². The molecule has 1 amide bonds. The van der Waals surface area contributed by atoms with E-state index in [1.54, 1.807) is 49.4 Å². The Morgan fingerprint density at radius 1 is 1.03 bits per heavy atom. The SMILES string of the molecule is CCN(c1ccccc1)S(=O)(=O)c1ccc(Cl)c(C(=O)NCCc2ccc(F)cc2)c1. The van der Waals surface area contributed by atoms with Gasteiger partial charge in [0.25, 0.3) is 15.9 Å². The van der Waals surface area contributed by atoms with Crippen molar-refractivity contribution >= 4 is 33.2 Å². The van der Waals surface area contributed by atoms with Gasteiger partial charge in [-0.15, -0.1) is 0 Å². The van der Waals surface area contributed by atoms with E-state index in [1.807, 2.05) is 0 Å². The minimum Gasteiger partial charge on any atom is -0.352 e. The van der Waals surface area contributed by atoms with Gasteiger partial charge in [0, 0.05) is 13.1 Å². The molecule has 0 atom stereocenters. The molecular weight excluding hydrogens is 439 g/mol. The first-order chi connectivity index (χ1) is 14.8. The predicted molar refractivity (Wildman–Crippen MR) is 121 cm³/mol. The molecule has 0 radical (unpaired) electrons. The number of anilines is 1. The van der Waals surface area contributed by atoms with Crippen molar-refractivity contribution < 1.29 is 17.6 Å². The summed E-state index contributed by atoms with van der Waals surface area (Å²) in [7, 11) is -3.89. The third kappa shape index (κ3) is 5.42. The highest BCUT2D eigenvalue weighted by molar-refractivity contribution is 7.92. The lowest BCUT2D eigenvalue weighted by Gasteiger charge is -2.23. The van der Waals surface area contributed by atoms with Crippen LogP contribution in [0.4, 0.5) is 10.1 Å². The van der Waals surface area contributed by atoms with Crippen LogP contribution in [0.25, 0.3) is 0 Å². The molecule has 0 bridgehead atoms. The van der Waals surface area contributed by atoms with Gasteiger partial charge < -0.3 is 5.32 Å². The van der Waals surface area contributed by atoms with Gasteiger partial charge in [-0.1, -0.05) is 41.9 Å². The third-order valence-electron chi connectivity index (χ3n) is 4.71. The Kier molecular flexibility index (Phi) is 7.30. The van der Waals surface area contributed by atoms with Gasteiger partial charge >= 0.3 is 0 Å². The summed E-state index contributed by atoms with van der Waals surface area (Å²) in [5, 5.41) is 2.88. The first kappa shape index (κ1) is 22.8. The van der Waals surface area contributed by atoms with Crippen LogP contribution >= 0.6 is 11.6 Å². The predicted octanol–water partition coefficient (Wildman–Crippen LogP) is 4.67. The van der Waals surface area contributed by atoms with Crippen LogP contribution in [-0.2, 0) is 16.4 Å². The first-order valence-electron chi connectivity index (χ1n) is 9.73. The number of hydrogen-bond acceptors (Lipinski definition) is 3. The number of carbonyl (C=O) groups is 1. The number of sulfonamides is 1. The third-order valence-corrected chi connectivity index (χ3v) is 6.94. The van der Waals surface area contributed by atoms with E-state index in [4.69, 9.17) is 11.6 Å². The normalized spacial score (nSPS) is 11.2. The maximum absolute atomic E-state index is 13.2.